The lowest BCUT2D eigenvalue weighted by atomic mass is 10.3. The zero-order valence-corrected chi connectivity index (χ0v) is 9.09. The van der Waals surface area contributed by atoms with Crippen LogP contribution in [0.3, 0.4) is 0 Å². The molecular formula is C11H23N. The lowest BCUT2D eigenvalue weighted by Crippen LogP contribution is -1.69. The molecule has 0 heterocycles. The monoisotopic (exact) mass is 169 g/mol. The minimum atomic E-state index is 1.35. The molecule has 0 aromatic rings. The third-order valence-corrected chi connectivity index (χ3v) is 0.622. The van der Waals surface area contributed by atoms with Gasteiger partial charge in [-0.25, -0.2) is 0 Å². The van der Waals surface area contributed by atoms with Crippen molar-refractivity contribution in [1.82, 2.24) is 0 Å². The van der Waals surface area contributed by atoms with Crippen molar-refractivity contribution >= 4 is 0 Å². The summed E-state index contributed by atoms with van der Waals surface area (Å²) in [5.74, 6) is 0. The fourth-order valence-corrected chi connectivity index (χ4v) is 0.289. The molecule has 72 valence electrons. The Balaban J connectivity index is -0.000000137. The predicted octanol–water partition coefficient (Wildman–Crippen LogP) is 3.30. The highest BCUT2D eigenvalue weighted by Gasteiger charge is 1.65. The van der Waals surface area contributed by atoms with Crippen LogP contribution in [0.2, 0.25) is 0 Å². The first-order valence-corrected chi connectivity index (χ1v) is 4.10. The number of hydrogen-bond donors (Lipinski definition) is 1. The molecular weight excluding hydrogens is 146 g/mol. The van der Waals surface area contributed by atoms with Crippen molar-refractivity contribution in [1.29, 1.82) is 0 Å². The molecule has 0 aliphatic heterocycles. The van der Waals surface area contributed by atoms with Crippen molar-refractivity contribution in [2.45, 2.75) is 27.7 Å². The Bertz CT molecular complexity index is 117. The summed E-state index contributed by atoms with van der Waals surface area (Å²) in [5, 5.41) is 0. The third-order valence-electron chi connectivity index (χ3n) is 0.622. The molecule has 0 aromatic heterocycles. The molecule has 0 aliphatic carbocycles. The average molecular weight is 169 g/mol. The molecule has 0 saturated carbocycles. The number of allylic oxidation sites excluding steroid dienone is 5. The predicted molar refractivity (Wildman–Crippen MR) is 60.2 cm³/mol. The van der Waals surface area contributed by atoms with E-state index >= 15 is 0 Å². The van der Waals surface area contributed by atoms with Crippen molar-refractivity contribution in [2.24, 2.45) is 5.73 Å². The van der Waals surface area contributed by atoms with Crippen molar-refractivity contribution in [3.63, 3.8) is 0 Å². The average Bonchev–Trinajstić information content (AvgIpc) is 2.06. The fourth-order valence-electron chi connectivity index (χ4n) is 0.289. The SMILES string of the molecule is C/C=C\C=C(C)C.C=CC.CN. The zero-order chi connectivity index (χ0) is 10.4. The molecule has 1 heteroatoms. The maximum atomic E-state index is 4.50. The van der Waals surface area contributed by atoms with Gasteiger partial charge in [0.1, 0.15) is 0 Å². The van der Waals surface area contributed by atoms with Gasteiger partial charge in [-0.15, -0.1) is 6.58 Å². The van der Waals surface area contributed by atoms with Crippen LogP contribution in [0.4, 0.5) is 0 Å². The van der Waals surface area contributed by atoms with Crippen molar-refractivity contribution < 1.29 is 0 Å². The van der Waals surface area contributed by atoms with Crippen LogP contribution >= 0.6 is 0 Å². The summed E-state index contributed by atoms with van der Waals surface area (Å²) in [7, 11) is 1.50. The minimum absolute atomic E-state index is 1.35. The Labute approximate surface area is 77.7 Å². The number of rotatable bonds is 1. The van der Waals surface area contributed by atoms with Gasteiger partial charge >= 0.3 is 0 Å². The molecule has 1 nitrogen and oxygen atoms in total. The Morgan fingerprint density at radius 3 is 1.58 bits per heavy atom. The summed E-state index contributed by atoms with van der Waals surface area (Å²) in [4.78, 5) is 0. The summed E-state index contributed by atoms with van der Waals surface area (Å²) in [5.41, 5.74) is 5.85. The van der Waals surface area contributed by atoms with Crippen molar-refractivity contribution in [3.05, 3.63) is 36.5 Å². The van der Waals surface area contributed by atoms with Gasteiger partial charge in [0.05, 0.1) is 0 Å². The van der Waals surface area contributed by atoms with Gasteiger partial charge in [-0.1, -0.05) is 29.9 Å². The van der Waals surface area contributed by atoms with Crippen LogP contribution in [0.1, 0.15) is 27.7 Å². The van der Waals surface area contributed by atoms with Gasteiger partial charge < -0.3 is 5.73 Å². The van der Waals surface area contributed by atoms with E-state index < -0.39 is 0 Å². The molecule has 0 unspecified atom stereocenters. The van der Waals surface area contributed by atoms with Crippen LogP contribution in [0.5, 0.6) is 0 Å². The highest BCUT2D eigenvalue weighted by atomic mass is 14.4. The zero-order valence-electron chi connectivity index (χ0n) is 9.09. The summed E-state index contributed by atoms with van der Waals surface area (Å²) in [6.45, 7) is 11.4. The van der Waals surface area contributed by atoms with E-state index in [4.69, 9.17) is 0 Å². The van der Waals surface area contributed by atoms with E-state index in [0.29, 0.717) is 0 Å². The molecule has 12 heavy (non-hydrogen) atoms. The summed E-state index contributed by atoms with van der Waals surface area (Å²) in [6, 6.07) is 0. The highest BCUT2D eigenvalue weighted by molar-refractivity contribution is 5.06. The van der Waals surface area contributed by atoms with Gasteiger partial charge in [-0.2, -0.15) is 0 Å². The first kappa shape index (κ1) is 17.3. The second-order valence-electron chi connectivity index (χ2n) is 2.18. The number of nitrogens with two attached hydrogens (primary N) is 1. The van der Waals surface area contributed by atoms with Gasteiger partial charge in [0.2, 0.25) is 0 Å². The molecule has 2 N–H and O–H groups in total. The lowest BCUT2D eigenvalue weighted by Gasteiger charge is -1.77. The molecule has 0 fully saturated rings. The summed E-state index contributed by atoms with van der Waals surface area (Å²) in [6.07, 6.45) is 7.89. The highest BCUT2D eigenvalue weighted by Crippen LogP contribution is 1.87. The quantitative estimate of drug-likeness (QED) is 0.473. The van der Waals surface area contributed by atoms with Gasteiger partial charge in [0.15, 0.2) is 0 Å². The third kappa shape index (κ3) is 60.7. The van der Waals surface area contributed by atoms with Crippen LogP contribution in [-0.2, 0) is 0 Å². The normalized spacial score (nSPS) is 7.17. The summed E-state index contributed by atoms with van der Waals surface area (Å²) < 4.78 is 0. The van der Waals surface area contributed by atoms with E-state index in [-0.39, 0.29) is 0 Å². The van der Waals surface area contributed by atoms with Gasteiger partial charge in [-0.3, -0.25) is 0 Å². The van der Waals surface area contributed by atoms with E-state index in [0.717, 1.165) is 0 Å². The van der Waals surface area contributed by atoms with Crippen molar-refractivity contribution in [2.75, 3.05) is 7.05 Å². The van der Waals surface area contributed by atoms with E-state index in [2.05, 4.69) is 32.2 Å². The number of hydrogen-bond acceptors (Lipinski definition) is 1. The largest absolute Gasteiger partial charge is 0.333 e. The van der Waals surface area contributed by atoms with Gasteiger partial charge in [0.25, 0.3) is 0 Å². The Morgan fingerprint density at radius 2 is 1.50 bits per heavy atom. The van der Waals surface area contributed by atoms with E-state index in [9.17, 15) is 0 Å². The molecule has 0 saturated heterocycles. The second-order valence-corrected chi connectivity index (χ2v) is 2.18. The molecule has 0 radical (unpaired) electrons. The standard InChI is InChI=1S/C7H12.C3H6.CH5N/c1-4-5-6-7(2)3;1-3-2;1-2/h4-6H,1-3H3;3H,1H2,2H3;2H2,1H3/b5-4-;;. The molecule has 0 spiro atoms. The first-order chi connectivity index (χ1) is 5.68. The lowest BCUT2D eigenvalue weighted by molar-refractivity contribution is 1.39. The first-order valence-electron chi connectivity index (χ1n) is 4.10. The minimum Gasteiger partial charge on any atom is -0.333 e. The molecule has 0 aromatic carbocycles. The molecule has 0 atom stereocenters. The van der Waals surface area contributed by atoms with Crippen LogP contribution in [0.15, 0.2) is 36.5 Å². The maximum Gasteiger partial charge on any atom is -0.0195 e. The van der Waals surface area contributed by atoms with Crippen LogP contribution in [0.25, 0.3) is 0 Å². The van der Waals surface area contributed by atoms with E-state index in [1.807, 2.05) is 26.0 Å². The molecule has 0 amide bonds. The van der Waals surface area contributed by atoms with Crippen LogP contribution < -0.4 is 5.73 Å². The van der Waals surface area contributed by atoms with Crippen LogP contribution in [0, 0.1) is 0 Å². The topological polar surface area (TPSA) is 26.0 Å². The Morgan fingerprint density at radius 1 is 1.17 bits per heavy atom. The van der Waals surface area contributed by atoms with Gasteiger partial charge in [0, 0.05) is 0 Å². The van der Waals surface area contributed by atoms with E-state index in [1.54, 1.807) is 6.08 Å². The summed E-state index contributed by atoms with van der Waals surface area (Å²) >= 11 is 0. The fraction of sp³-hybridized carbons (Fsp3) is 0.455. The Hall–Kier alpha value is -0.820. The van der Waals surface area contributed by atoms with E-state index in [1.165, 1.54) is 12.6 Å². The molecule has 0 bridgehead atoms. The van der Waals surface area contributed by atoms with Crippen LogP contribution in [-0.4, -0.2) is 7.05 Å². The smallest absolute Gasteiger partial charge is 0.0195 e. The van der Waals surface area contributed by atoms with Crippen molar-refractivity contribution in [3.8, 4) is 0 Å². The van der Waals surface area contributed by atoms with Gasteiger partial charge in [-0.05, 0) is 34.7 Å². The molecule has 0 aliphatic rings. The maximum absolute atomic E-state index is 4.50. The second kappa shape index (κ2) is 22.5. The molecule has 0 rings (SSSR count). The Kier molecular flexibility index (Phi) is 32.4.